The summed E-state index contributed by atoms with van der Waals surface area (Å²) in [6.45, 7) is 4.52. The number of rotatable bonds is 6. The number of benzene rings is 2. The van der Waals surface area contributed by atoms with Crippen molar-refractivity contribution >= 4 is 0 Å². The summed E-state index contributed by atoms with van der Waals surface area (Å²) in [5.74, 6) is 0. The van der Waals surface area contributed by atoms with Gasteiger partial charge in [0.15, 0.2) is 0 Å². The van der Waals surface area contributed by atoms with E-state index in [0.717, 1.165) is 0 Å². The highest BCUT2D eigenvalue weighted by Gasteiger charge is 2.19. The van der Waals surface area contributed by atoms with Crippen molar-refractivity contribution in [2.45, 2.75) is 52.4 Å². The van der Waals surface area contributed by atoms with Crippen LogP contribution in [-0.4, -0.2) is 0 Å². The van der Waals surface area contributed by atoms with Crippen LogP contribution in [0, 0.1) is 6.42 Å². The van der Waals surface area contributed by atoms with Gasteiger partial charge in [0.05, 0.1) is 0 Å². The van der Waals surface area contributed by atoms with Crippen molar-refractivity contribution in [2.24, 2.45) is 0 Å². The Morgan fingerprint density at radius 2 is 1.14 bits per heavy atom. The summed E-state index contributed by atoms with van der Waals surface area (Å²) >= 11 is 0. The Morgan fingerprint density at radius 1 is 0.667 bits per heavy atom. The molecule has 21 heavy (non-hydrogen) atoms. The van der Waals surface area contributed by atoms with Crippen LogP contribution < -0.4 is 0 Å². The molecule has 0 fully saturated rings. The first-order valence-corrected chi connectivity index (χ1v) is 8.42. The van der Waals surface area contributed by atoms with Gasteiger partial charge in [-0.05, 0) is 59.1 Å². The summed E-state index contributed by atoms with van der Waals surface area (Å²) in [6.07, 6.45) is 9.83. The van der Waals surface area contributed by atoms with E-state index < -0.39 is 0 Å². The summed E-state index contributed by atoms with van der Waals surface area (Å²) in [5.41, 5.74) is 8.62. The fraction of sp³-hybridized carbons (Fsp3) is 0.381. The van der Waals surface area contributed by atoms with Gasteiger partial charge in [0.25, 0.3) is 0 Å². The fourth-order valence-electron chi connectivity index (χ4n) is 3.17. The van der Waals surface area contributed by atoms with Gasteiger partial charge in [-0.15, -0.1) is 0 Å². The minimum Gasteiger partial charge on any atom is -0.0654 e. The van der Waals surface area contributed by atoms with Crippen molar-refractivity contribution in [2.75, 3.05) is 0 Å². The van der Waals surface area contributed by atoms with Crippen LogP contribution in [0.4, 0.5) is 0 Å². The standard InChI is InChI=1S/C21H25/c1-3-5-7-16-9-11-18-15-19-12-10-17(8-6-4-2)14-21(19)20(18)13-16/h9-15H,3-8H2,1-2H3. The number of hydrogen-bond acceptors (Lipinski definition) is 0. The minimum atomic E-state index is 1.20. The maximum absolute atomic E-state index is 2.41. The number of unbranched alkanes of at least 4 members (excludes halogenated alkanes) is 2. The third kappa shape index (κ3) is 3.05. The molecule has 1 radical (unpaired) electrons. The first-order chi connectivity index (χ1) is 10.3. The average Bonchev–Trinajstić information content (AvgIpc) is 2.88. The van der Waals surface area contributed by atoms with Crippen LogP contribution in [0.1, 0.15) is 61.8 Å². The highest BCUT2D eigenvalue weighted by molar-refractivity contribution is 5.81. The van der Waals surface area contributed by atoms with E-state index in [1.807, 2.05) is 0 Å². The van der Waals surface area contributed by atoms with E-state index in [9.17, 15) is 0 Å². The lowest BCUT2D eigenvalue weighted by Gasteiger charge is -2.07. The summed E-state index contributed by atoms with van der Waals surface area (Å²) in [4.78, 5) is 0. The van der Waals surface area contributed by atoms with Gasteiger partial charge in [-0.1, -0.05) is 63.1 Å². The maximum Gasteiger partial charge on any atom is 0.0211 e. The van der Waals surface area contributed by atoms with Crippen molar-refractivity contribution in [1.29, 1.82) is 0 Å². The molecule has 3 rings (SSSR count). The largest absolute Gasteiger partial charge is 0.0654 e. The molecule has 0 aliphatic heterocycles. The van der Waals surface area contributed by atoms with Crippen molar-refractivity contribution in [3.63, 3.8) is 0 Å². The van der Waals surface area contributed by atoms with Crippen LogP contribution in [0.3, 0.4) is 0 Å². The third-order valence-corrected chi connectivity index (χ3v) is 4.47. The van der Waals surface area contributed by atoms with Crippen molar-refractivity contribution < 1.29 is 0 Å². The van der Waals surface area contributed by atoms with Crippen LogP contribution >= 0.6 is 0 Å². The fourth-order valence-corrected chi connectivity index (χ4v) is 3.17. The molecule has 0 saturated heterocycles. The highest BCUT2D eigenvalue weighted by atomic mass is 14.2. The van der Waals surface area contributed by atoms with Gasteiger partial charge < -0.3 is 0 Å². The Kier molecular flexibility index (Phi) is 4.43. The Morgan fingerprint density at radius 3 is 1.57 bits per heavy atom. The van der Waals surface area contributed by atoms with Crippen LogP contribution in [0.5, 0.6) is 0 Å². The quantitative estimate of drug-likeness (QED) is 0.522. The van der Waals surface area contributed by atoms with Gasteiger partial charge in [-0.25, -0.2) is 0 Å². The molecule has 0 spiro atoms. The van der Waals surface area contributed by atoms with Crippen LogP contribution in [0.25, 0.3) is 11.1 Å². The molecule has 0 unspecified atom stereocenters. The summed E-state index contributed by atoms with van der Waals surface area (Å²) in [5, 5.41) is 0. The SMILES string of the molecule is CCCCc1ccc2c(c1)-c1cc(CCCC)ccc1[CH]2. The second-order valence-electron chi connectivity index (χ2n) is 6.19. The highest BCUT2D eigenvalue weighted by Crippen LogP contribution is 2.39. The van der Waals surface area contributed by atoms with Gasteiger partial charge in [-0.2, -0.15) is 0 Å². The zero-order valence-corrected chi connectivity index (χ0v) is 13.3. The molecule has 0 nitrogen and oxygen atoms in total. The molecule has 0 heteroatoms. The van der Waals surface area contributed by atoms with Crippen molar-refractivity contribution in [3.8, 4) is 11.1 Å². The lowest BCUT2D eigenvalue weighted by Crippen LogP contribution is -1.88. The average molecular weight is 277 g/mol. The van der Waals surface area contributed by atoms with E-state index in [1.54, 1.807) is 0 Å². The van der Waals surface area contributed by atoms with Gasteiger partial charge in [0.1, 0.15) is 0 Å². The smallest absolute Gasteiger partial charge is 0.0211 e. The number of aryl methyl sites for hydroxylation is 2. The molecule has 0 N–H and O–H groups in total. The topological polar surface area (TPSA) is 0 Å². The molecular weight excluding hydrogens is 252 g/mol. The molecule has 2 aromatic carbocycles. The molecule has 109 valence electrons. The first kappa shape index (κ1) is 14.4. The number of hydrogen-bond donors (Lipinski definition) is 0. The Balaban J connectivity index is 1.90. The van der Waals surface area contributed by atoms with E-state index in [-0.39, 0.29) is 0 Å². The summed E-state index contributed by atoms with van der Waals surface area (Å²) in [7, 11) is 0. The van der Waals surface area contributed by atoms with E-state index in [1.165, 1.54) is 71.9 Å². The molecule has 1 aliphatic rings. The Labute approximate surface area is 129 Å². The van der Waals surface area contributed by atoms with Gasteiger partial charge in [0.2, 0.25) is 0 Å². The van der Waals surface area contributed by atoms with Crippen LogP contribution in [-0.2, 0) is 12.8 Å². The molecule has 0 amide bonds. The molecule has 0 atom stereocenters. The van der Waals surface area contributed by atoms with Crippen molar-refractivity contribution in [1.82, 2.24) is 0 Å². The van der Waals surface area contributed by atoms with E-state index >= 15 is 0 Å². The predicted octanol–water partition coefficient (Wildman–Crippen LogP) is 5.95. The summed E-state index contributed by atoms with van der Waals surface area (Å²) in [6, 6.07) is 14.0. The monoisotopic (exact) mass is 277 g/mol. The molecule has 0 aromatic heterocycles. The normalized spacial score (nSPS) is 12.3. The van der Waals surface area contributed by atoms with Gasteiger partial charge >= 0.3 is 0 Å². The molecule has 0 saturated carbocycles. The van der Waals surface area contributed by atoms with Gasteiger partial charge in [-0.3, -0.25) is 0 Å². The summed E-state index contributed by atoms with van der Waals surface area (Å²) < 4.78 is 0. The molecular formula is C21H25. The first-order valence-electron chi connectivity index (χ1n) is 8.42. The van der Waals surface area contributed by atoms with Gasteiger partial charge in [0, 0.05) is 6.42 Å². The number of fused-ring (bicyclic) bond motifs is 3. The third-order valence-electron chi connectivity index (χ3n) is 4.47. The molecule has 0 bridgehead atoms. The van der Waals surface area contributed by atoms with Crippen LogP contribution in [0.2, 0.25) is 0 Å². The lowest BCUT2D eigenvalue weighted by atomic mass is 9.98. The second-order valence-corrected chi connectivity index (χ2v) is 6.19. The zero-order chi connectivity index (χ0) is 14.7. The second kappa shape index (κ2) is 6.47. The minimum absolute atomic E-state index is 1.20. The molecule has 1 aliphatic carbocycles. The van der Waals surface area contributed by atoms with Crippen LogP contribution in [0.15, 0.2) is 36.4 Å². The Bertz CT molecular complexity index is 566. The molecule has 0 heterocycles. The maximum atomic E-state index is 2.41. The predicted molar refractivity (Wildman–Crippen MR) is 91.6 cm³/mol. The van der Waals surface area contributed by atoms with E-state index in [2.05, 4.69) is 56.7 Å². The van der Waals surface area contributed by atoms with E-state index in [4.69, 9.17) is 0 Å². The molecule has 2 aromatic rings. The van der Waals surface area contributed by atoms with E-state index in [0.29, 0.717) is 0 Å². The lowest BCUT2D eigenvalue weighted by molar-refractivity contribution is 0.794. The van der Waals surface area contributed by atoms with Crippen molar-refractivity contribution in [3.05, 3.63) is 65.1 Å². The zero-order valence-electron chi connectivity index (χ0n) is 13.3. The Hall–Kier alpha value is -1.56.